The molecule has 2 rings (SSSR count). The number of piperazine rings is 1. The molecule has 0 N–H and O–H groups in total. The number of anilines is 1. The van der Waals surface area contributed by atoms with Crippen LogP contribution in [0, 0.1) is 0 Å². The first-order valence-electron chi connectivity index (χ1n) is 9.05. The third kappa shape index (κ3) is 5.92. The van der Waals surface area contributed by atoms with Crippen LogP contribution in [0.2, 0.25) is 5.02 Å². The van der Waals surface area contributed by atoms with Gasteiger partial charge in [-0.2, -0.15) is 0 Å². The van der Waals surface area contributed by atoms with Crippen LogP contribution in [0.1, 0.15) is 33.1 Å². The zero-order chi connectivity index (χ0) is 18.2. The monoisotopic (exact) mass is 365 g/mol. The fraction of sp³-hybridized carbons (Fsp3) is 0.579. The van der Waals surface area contributed by atoms with Gasteiger partial charge in [0.2, 0.25) is 11.8 Å². The number of nitrogens with zero attached hydrogens (tertiary/aromatic N) is 3. The molecule has 0 aliphatic carbocycles. The van der Waals surface area contributed by atoms with Crippen molar-refractivity contribution in [3.05, 3.63) is 29.3 Å². The predicted octanol–water partition coefficient (Wildman–Crippen LogP) is 3.03. The van der Waals surface area contributed by atoms with E-state index in [0.29, 0.717) is 19.6 Å². The molecule has 0 spiro atoms. The summed E-state index contributed by atoms with van der Waals surface area (Å²) in [5, 5.41) is 0.722. The minimum absolute atomic E-state index is 0.0259. The molecular formula is C19H28ClN3O2. The molecule has 0 aromatic heterocycles. The Morgan fingerprint density at radius 3 is 2.48 bits per heavy atom. The Kier molecular flexibility index (Phi) is 7.56. The van der Waals surface area contributed by atoms with Crippen LogP contribution < -0.4 is 4.90 Å². The highest BCUT2D eigenvalue weighted by atomic mass is 35.5. The average Bonchev–Trinajstić information content (AvgIpc) is 2.61. The van der Waals surface area contributed by atoms with E-state index in [1.54, 1.807) is 4.90 Å². The SMILES string of the molecule is CCCCCN(CC(=O)N1CCN(c2cccc(Cl)c2)CC1)C(C)=O. The van der Waals surface area contributed by atoms with Gasteiger partial charge < -0.3 is 14.7 Å². The molecule has 1 aromatic rings. The van der Waals surface area contributed by atoms with Crippen LogP contribution in [0.3, 0.4) is 0 Å². The highest BCUT2D eigenvalue weighted by Crippen LogP contribution is 2.20. The maximum atomic E-state index is 12.5. The standard InChI is InChI=1S/C19H28ClN3O2/c1-3-4-5-9-23(16(2)24)15-19(25)22-12-10-21(11-13-22)18-8-6-7-17(20)14-18/h6-8,14H,3-5,9-13,15H2,1-2H3. The van der Waals surface area contributed by atoms with Crippen LogP contribution in [0.25, 0.3) is 0 Å². The van der Waals surface area contributed by atoms with Crippen LogP contribution in [0.15, 0.2) is 24.3 Å². The quantitative estimate of drug-likeness (QED) is 0.697. The molecule has 0 bridgehead atoms. The predicted molar refractivity (Wildman–Crippen MR) is 102 cm³/mol. The van der Waals surface area contributed by atoms with Crippen LogP contribution in [0.5, 0.6) is 0 Å². The molecule has 1 saturated heterocycles. The van der Waals surface area contributed by atoms with E-state index < -0.39 is 0 Å². The van der Waals surface area contributed by atoms with E-state index >= 15 is 0 Å². The van der Waals surface area contributed by atoms with Gasteiger partial charge in [0.25, 0.3) is 0 Å². The average molecular weight is 366 g/mol. The molecule has 1 aliphatic rings. The van der Waals surface area contributed by atoms with Crippen LogP contribution in [0.4, 0.5) is 5.69 Å². The summed E-state index contributed by atoms with van der Waals surface area (Å²) in [4.78, 5) is 30.1. The van der Waals surface area contributed by atoms with Crippen molar-refractivity contribution in [3.63, 3.8) is 0 Å². The largest absolute Gasteiger partial charge is 0.368 e. The van der Waals surface area contributed by atoms with Gasteiger partial charge in [-0.25, -0.2) is 0 Å². The lowest BCUT2D eigenvalue weighted by Gasteiger charge is -2.37. The lowest BCUT2D eigenvalue weighted by molar-refractivity contribution is -0.139. The molecule has 0 radical (unpaired) electrons. The second-order valence-corrected chi connectivity index (χ2v) is 6.93. The van der Waals surface area contributed by atoms with Gasteiger partial charge in [0.15, 0.2) is 0 Å². The second kappa shape index (κ2) is 9.66. The van der Waals surface area contributed by atoms with Gasteiger partial charge in [0, 0.05) is 50.4 Å². The maximum Gasteiger partial charge on any atom is 0.242 e. The van der Waals surface area contributed by atoms with Crippen LogP contribution >= 0.6 is 11.6 Å². The third-order valence-corrected chi connectivity index (χ3v) is 4.84. The number of hydrogen-bond acceptors (Lipinski definition) is 3. The van der Waals surface area contributed by atoms with Crippen molar-refractivity contribution in [3.8, 4) is 0 Å². The number of benzene rings is 1. The summed E-state index contributed by atoms with van der Waals surface area (Å²) >= 11 is 6.05. The van der Waals surface area contributed by atoms with Gasteiger partial charge in [-0.15, -0.1) is 0 Å². The van der Waals surface area contributed by atoms with E-state index in [1.165, 1.54) is 6.92 Å². The van der Waals surface area contributed by atoms with Crippen molar-refractivity contribution >= 4 is 29.1 Å². The number of amides is 2. The van der Waals surface area contributed by atoms with Gasteiger partial charge in [-0.05, 0) is 24.6 Å². The molecule has 1 fully saturated rings. The Labute approximate surface area is 155 Å². The van der Waals surface area contributed by atoms with Crippen molar-refractivity contribution in [2.75, 3.05) is 44.2 Å². The highest BCUT2D eigenvalue weighted by Gasteiger charge is 2.23. The van der Waals surface area contributed by atoms with Gasteiger partial charge in [0.05, 0.1) is 6.54 Å². The number of unbranched alkanes of at least 4 members (excludes halogenated alkanes) is 2. The Morgan fingerprint density at radius 2 is 1.88 bits per heavy atom. The van der Waals surface area contributed by atoms with Crippen molar-refractivity contribution in [1.29, 1.82) is 0 Å². The number of rotatable bonds is 7. The summed E-state index contributed by atoms with van der Waals surface area (Å²) in [6, 6.07) is 7.79. The Morgan fingerprint density at radius 1 is 1.16 bits per heavy atom. The molecule has 1 aliphatic heterocycles. The summed E-state index contributed by atoms with van der Waals surface area (Å²) in [6.45, 7) is 7.43. The second-order valence-electron chi connectivity index (χ2n) is 6.50. The highest BCUT2D eigenvalue weighted by molar-refractivity contribution is 6.30. The molecule has 5 nitrogen and oxygen atoms in total. The molecule has 6 heteroatoms. The summed E-state index contributed by atoms with van der Waals surface area (Å²) in [7, 11) is 0. The molecule has 0 unspecified atom stereocenters. The van der Waals surface area contributed by atoms with E-state index in [2.05, 4.69) is 11.8 Å². The molecule has 0 saturated carbocycles. The lowest BCUT2D eigenvalue weighted by atomic mass is 10.2. The number of halogens is 1. The molecule has 138 valence electrons. The summed E-state index contributed by atoms with van der Waals surface area (Å²) in [6.07, 6.45) is 3.13. The number of carbonyl (C=O) groups excluding carboxylic acids is 2. The smallest absolute Gasteiger partial charge is 0.242 e. The summed E-state index contributed by atoms with van der Waals surface area (Å²) in [5.41, 5.74) is 1.09. The van der Waals surface area contributed by atoms with E-state index in [0.717, 1.165) is 43.1 Å². The van der Waals surface area contributed by atoms with Crippen LogP contribution in [-0.2, 0) is 9.59 Å². The summed E-state index contributed by atoms with van der Waals surface area (Å²) < 4.78 is 0. The maximum absolute atomic E-state index is 12.5. The summed E-state index contributed by atoms with van der Waals surface area (Å²) in [5.74, 6) is 0.0134. The lowest BCUT2D eigenvalue weighted by Crippen LogP contribution is -2.51. The topological polar surface area (TPSA) is 43.9 Å². The zero-order valence-electron chi connectivity index (χ0n) is 15.2. The first-order chi connectivity index (χ1) is 12.0. The van der Waals surface area contributed by atoms with E-state index in [4.69, 9.17) is 11.6 Å². The van der Waals surface area contributed by atoms with Gasteiger partial charge in [0.1, 0.15) is 0 Å². The number of hydrogen-bond donors (Lipinski definition) is 0. The normalized spacial score (nSPS) is 14.5. The van der Waals surface area contributed by atoms with Crippen LogP contribution in [-0.4, -0.2) is 60.9 Å². The minimum Gasteiger partial charge on any atom is -0.368 e. The van der Waals surface area contributed by atoms with Crippen molar-refractivity contribution in [2.24, 2.45) is 0 Å². The first-order valence-corrected chi connectivity index (χ1v) is 9.43. The van der Waals surface area contributed by atoms with Crippen molar-refractivity contribution in [1.82, 2.24) is 9.80 Å². The third-order valence-electron chi connectivity index (χ3n) is 4.61. The molecule has 2 amide bonds. The van der Waals surface area contributed by atoms with E-state index in [-0.39, 0.29) is 18.4 Å². The van der Waals surface area contributed by atoms with Gasteiger partial charge >= 0.3 is 0 Å². The fourth-order valence-corrected chi connectivity index (χ4v) is 3.24. The molecular weight excluding hydrogens is 338 g/mol. The van der Waals surface area contributed by atoms with E-state index in [9.17, 15) is 9.59 Å². The minimum atomic E-state index is -0.0259. The molecule has 0 atom stereocenters. The Hall–Kier alpha value is -1.75. The molecule has 1 heterocycles. The first kappa shape index (κ1) is 19.6. The Balaban J connectivity index is 1.84. The van der Waals surface area contributed by atoms with Crippen molar-refractivity contribution in [2.45, 2.75) is 33.1 Å². The fourth-order valence-electron chi connectivity index (χ4n) is 3.05. The molecule has 25 heavy (non-hydrogen) atoms. The van der Waals surface area contributed by atoms with Crippen molar-refractivity contribution < 1.29 is 9.59 Å². The number of carbonyl (C=O) groups is 2. The Bertz CT molecular complexity index is 586. The zero-order valence-corrected chi connectivity index (χ0v) is 16.0. The van der Waals surface area contributed by atoms with E-state index in [1.807, 2.05) is 29.2 Å². The molecule has 1 aromatic carbocycles. The van der Waals surface area contributed by atoms with Gasteiger partial charge in [-0.3, -0.25) is 9.59 Å². The van der Waals surface area contributed by atoms with Gasteiger partial charge in [-0.1, -0.05) is 37.4 Å².